The van der Waals surface area contributed by atoms with Crippen LogP contribution >= 0.6 is 38.9 Å². The number of thiophene rings is 1. The molecule has 1 heterocycles. The zero-order valence-electron chi connectivity index (χ0n) is 10.3. The molecule has 0 aliphatic heterocycles. The number of benzene rings is 1. The van der Waals surface area contributed by atoms with Gasteiger partial charge in [-0.2, -0.15) is 0 Å². The van der Waals surface area contributed by atoms with Crippen molar-refractivity contribution in [1.82, 2.24) is 0 Å². The molecule has 2 rings (SSSR count). The molecule has 0 saturated carbocycles. The van der Waals surface area contributed by atoms with Crippen LogP contribution in [-0.2, 0) is 12.8 Å². The molecule has 0 saturated heterocycles. The average molecular weight is 344 g/mol. The van der Waals surface area contributed by atoms with Gasteiger partial charge < -0.3 is 0 Å². The summed E-state index contributed by atoms with van der Waals surface area (Å²) < 4.78 is 1.17. The highest BCUT2D eigenvalue weighted by molar-refractivity contribution is 9.10. The van der Waals surface area contributed by atoms with Gasteiger partial charge in [0.1, 0.15) is 0 Å². The molecule has 0 amide bonds. The molecule has 18 heavy (non-hydrogen) atoms. The van der Waals surface area contributed by atoms with Crippen molar-refractivity contribution >= 4 is 38.9 Å². The highest BCUT2D eigenvalue weighted by Gasteiger charge is 2.11. The second-order valence-corrected chi connectivity index (χ2v) is 6.87. The summed E-state index contributed by atoms with van der Waals surface area (Å²) in [5, 5.41) is 2.13. The smallest absolute Gasteiger partial charge is 0.0285 e. The summed E-state index contributed by atoms with van der Waals surface area (Å²) in [6.07, 6.45) is 2.12. The molecule has 1 atom stereocenters. The van der Waals surface area contributed by atoms with Gasteiger partial charge in [0.25, 0.3) is 0 Å². The van der Waals surface area contributed by atoms with Gasteiger partial charge in [0.2, 0.25) is 0 Å². The van der Waals surface area contributed by atoms with Gasteiger partial charge in [0.15, 0.2) is 0 Å². The zero-order chi connectivity index (χ0) is 13.0. The van der Waals surface area contributed by atoms with Crippen LogP contribution in [0.25, 0.3) is 0 Å². The molecule has 0 fully saturated rings. The number of hydrogen-bond donors (Lipinski definition) is 0. The van der Waals surface area contributed by atoms with Crippen molar-refractivity contribution in [1.29, 1.82) is 0 Å². The second-order valence-electron chi connectivity index (χ2n) is 4.65. The highest BCUT2D eigenvalue weighted by atomic mass is 79.9. The minimum absolute atomic E-state index is 0.514. The summed E-state index contributed by atoms with van der Waals surface area (Å²) in [5.74, 6) is 1.23. The molecule has 0 nitrogen and oxygen atoms in total. The summed E-state index contributed by atoms with van der Waals surface area (Å²) in [6.45, 7) is 2.12. The first-order valence-electron chi connectivity index (χ1n) is 6.02. The Bertz CT molecular complexity index is 489. The predicted octanol–water partition coefficient (Wildman–Crippen LogP) is 5.46. The molecule has 1 unspecified atom stereocenters. The van der Waals surface area contributed by atoms with Crippen molar-refractivity contribution in [2.45, 2.75) is 19.8 Å². The number of hydrogen-bond acceptors (Lipinski definition) is 1. The second kappa shape index (κ2) is 6.74. The fraction of sp³-hybridized carbons (Fsp3) is 0.333. The Labute approximate surface area is 126 Å². The monoisotopic (exact) mass is 342 g/mol. The molecule has 0 aliphatic carbocycles. The number of rotatable bonds is 5. The van der Waals surface area contributed by atoms with E-state index in [0.717, 1.165) is 12.8 Å². The van der Waals surface area contributed by atoms with Crippen LogP contribution in [-0.4, -0.2) is 5.88 Å². The van der Waals surface area contributed by atoms with E-state index in [4.69, 9.17) is 11.6 Å². The summed E-state index contributed by atoms with van der Waals surface area (Å²) in [7, 11) is 0. The first kappa shape index (κ1) is 14.1. The molecule has 0 spiro atoms. The molecule has 2 aromatic rings. The van der Waals surface area contributed by atoms with Crippen LogP contribution in [0.5, 0.6) is 0 Å². The Morgan fingerprint density at radius 3 is 2.50 bits per heavy atom. The maximum Gasteiger partial charge on any atom is 0.0285 e. The van der Waals surface area contributed by atoms with Crippen LogP contribution in [0.2, 0.25) is 0 Å². The van der Waals surface area contributed by atoms with E-state index in [1.54, 1.807) is 11.3 Å². The fourth-order valence-electron chi connectivity index (χ4n) is 1.98. The third-order valence-electron chi connectivity index (χ3n) is 2.97. The molecule has 0 radical (unpaired) electrons. The topological polar surface area (TPSA) is 0 Å². The van der Waals surface area contributed by atoms with Gasteiger partial charge in [-0.05, 0) is 53.2 Å². The van der Waals surface area contributed by atoms with E-state index in [-0.39, 0.29) is 0 Å². The quantitative estimate of drug-likeness (QED) is 0.632. The zero-order valence-corrected chi connectivity index (χ0v) is 13.5. The highest BCUT2D eigenvalue weighted by Crippen LogP contribution is 2.24. The van der Waals surface area contributed by atoms with E-state index in [1.165, 1.54) is 20.5 Å². The summed E-state index contributed by atoms with van der Waals surface area (Å²) >= 11 is 11.4. The van der Waals surface area contributed by atoms with E-state index in [0.29, 0.717) is 11.8 Å². The van der Waals surface area contributed by atoms with Crippen LogP contribution in [0.4, 0.5) is 0 Å². The molecule has 0 aliphatic rings. The number of alkyl halides is 1. The van der Waals surface area contributed by atoms with Gasteiger partial charge in [-0.15, -0.1) is 22.9 Å². The van der Waals surface area contributed by atoms with E-state index >= 15 is 0 Å². The summed E-state index contributed by atoms with van der Waals surface area (Å²) in [5.41, 5.74) is 2.69. The number of aryl methyl sites for hydroxylation is 1. The molecule has 0 N–H and O–H groups in total. The summed E-state index contributed by atoms with van der Waals surface area (Å²) in [6, 6.07) is 10.9. The van der Waals surface area contributed by atoms with Crippen molar-refractivity contribution < 1.29 is 0 Å². The van der Waals surface area contributed by atoms with E-state index in [9.17, 15) is 0 Å². The van der Waals surface area contributed by atoms with Gasteiger partial charge in [-0.3, -0.25) is 0 Å². The fourth-order valence-corrected chi connectivity index (χ4v) is 3.77. The molecule has 1 aromatic carbocycles. The van der Waals surface area contributed by atoms with Gasteiger partial charge >= 0.3 is 0 Å². The standard InChI is InChI=1S/C15H16BrClS/c1-11-2-4-12(5-3-11)6-13(9-17)7-15-8-14(16)10-18-15/h2-5,8,10,13H,6-7,9H2,1H3. The Balaban J connectivity index is 1.99. The molecule has 0 bridgehead atoms. The van der Waals surface area contributed by atoms with Crippen LogP contribution in [0.15, 0.2) is 40.2 Å². The Hall–Kier alpha value is -0.310. The van der Waals surface area contributed by atoms with Gasteiger partial charge in [-0.1, -0.05) is 29.8 Å². The Kier molecular flexibility index (Phi) is 5.28. The van der Waals surface area contributed by atoms with Crippen molar-refractivity contribution in [2.75, 3.05) is 5.88 Å². The maximum atomic E-state index is 6.10. The van der Waals surface area contributed by atoms with E-state index in [2.05, 4.69) is 58.6 Å². The molecule has 1 aromatic heterocycles. The van der Waals surface area contributed by atoms with Crippen LogP contribution in [0.1, 0.15) is 16.0 Å². The lowest BCUT2D eigenvalue weighted by atomic mass is 9.97. The normalized spacial score (nSPS) is 12.6. The Morgan fingerprint density at radius 2 is 1.94 bits per heavy atom. The van der Waals surface area contributed by atoms with Crippen LogP contribution < -0.4 is 0 Å². The van der Waals surface area contributed by atoms with Gasteiger partial charge in [0.05, 0.1) is 0 Å². The minimum Gasteiger partial charge on any atom is -0.148 e. The average Bonchev–Trinajstić information content (AvgIpc) is 2.77. The van der Waals surface area contributed by atoms with E-state index in [1.807, 2.05) is 0 Å². The lowest BCUT2D eigenvalue weighted by Gasteiger charge is -2.13. The van der Waals surface area contributed by atoms with Crippen molar-refractivity contribution in [3.05, 3.63) is 56.2 Å². The summed E-state index contributed by atoms with van der Waals surface area (Å²) in [4.78, 5) is 1.40. The van der Waals surface area contributed by atoms with Crippen molar-refractivity contribution in [3.63, 3.8) is 0 Å². The van der Waals surface area contributed by atoms with Crippen LogP contribution in [0, 0.1) is 12.8 Å². The SMILES string of the molecule is Cc1ccc(CC(CCl)Cc2cc(Br)cs2)cc1. The first-order chi connectivity index (χ1) is 8.67. The van der Waals surface area contributed by atoms with Gasteiger partial charge in [-0.25, -0.2) is 0 Å². The number of halogens is 2. The minimum atomic E-state index is 0.514. The molecule has 3 heteroatoms. The maximum absolute atomic E-state index is 6.10. The van der Waals surface area contributed by atoms with Gasteiger partial charge in [0, 0.05) is 20.6 Å². The first-order valence-corrected chi connectivity index (χ1v) is 8.22. The lowest BCUT2D eigenvalue weighted by Crippen LogP contribution is -2.09. The Morgan fingerprint density at radius 1 is 1.22 bits per heavy atom. The molecular formula is C15H16BrClS. The van der Waals surface area contributed by atoms with Crippen molar-refractivity contribution in [2.24, 2.45) is 5.92 Å². The largest absolute Gasteiger partial charge is 0.148 e. The molecule has 96 valence electrons. The van der Waals surface area contributed by atoms with Crippen molar-refractivity contribution in [3.8, 4) is 0 Å². The van der Waals surface area contributed by atoms with Crippen LogP contribution in [0.3, 0.4) is 0 Å². The predicted molar refractivity (Wildman–Crippen MR) is 84.8 cm³/mol. The third-order valence-corrected chi connectivity index (χ3v) is 5.13. The lowest BCUT2D eigenvalue weighted by molar-refractivity contribution is 0.589. The molecular weight excluding hydrogens is 328 g/mol. The van der Waals surface area contributed by atoms with E-state index < -0.39 is 0 Å². The third kappa shape index (κ3) is 4.11.